The Morgan fingerprint density at radius 1 is 0.925 bits per heavy atom. The summed E-state index contributed by atoms with van der Waals surface area (Å²) in [5.41, 5.74) is 1.26. The minimum Gasteiger partial charge on any atom is -0.444 e. The molecule has 0 aliphatic rings. The van der Waals surface area contributed by atoms with Gasteiger partial charge in [-0.05, 0) is 42.0 Å². The Balaban J connectivity index is 1.82. The standard InChI is InChI=1S/C29H32F3N3O5/c1-19(2)25(26(37)29(30,31)32)34-24(36)17-35-22(14-13-20-9-5-3-6-10-20)15-16-23(27(35)38)33-28(39)40-18-21-11-7-4-8-12-21/h3-12,15-16,19,25-26,37H,13-14,17-18H2,1-2H3,(H,33,39)(H,34,36). The average Bonchev–Trinajstić information content (AvgIpc) is 2.92. The van der Waals surface area contributed by atoms with Crippen LogP contribution in [0.5, 0.6) is 0 Å². The van der Waals surface area contributed by atoms with Crippen LogP contribution in [0.2, 0.25) is 0 Å². The Labute approximate surface area is 229 Å². The number of hydrogen-bond acceptors (Lipinski definition) is 5. The number of aliphatic hydroxyl groups is 1. The van der Waals surface area contributed by atoms with Gasteiger partial charge in [-0.25, -0.2) is 4.79 Å². The molecule has 2 unspecified atom stereocenters. The summed E-state index contributed by atoms with van der Waals surface area (Å²) in [7, 11) is 0. The maximum absolute atomic E-state index is 13.3. The molecule has 0 saturated carbocycles. The maximum Gasteiger partial charge on any atom is 0.416 e. The number of pyridine rings is 1. The smallest absolute Gasteiger partial charge is 0.416 e. The van der Waals surface area contributed by atoms with Crippen LogP contribution in [-0.2, 0) is 35.5 Å². The Kier molecular flexibility index (Phi) is 10.5. The summed E-state index contributed by atoms with van der Waals surface area (Å²) < 4.78 is 45.8. The van der Waals surface area contributed by atoms with Crippen LogP contribution in [0.15, 0.2) is 77.6 Å². The second-order valence-corrected chi connectivity index (χ2v) is 9.63. The van der Waals surface area contributed by atoms with Crippen molar-refractivity contribution in [2.24, 2.45) is 5.92 Å². The van der Waals surface area contributed by atoms with Crippen molar-refractivity contribution in [2.75, 3.05) is 5.32 Å². The molecule has 11 heteroatoms. The first kappa shape index (κ1) is 30.4. The van der Waals surface area contributed by atoms with E-state index in [1.54, 1.807) is 30.3 Å². The zero-order chi connectivity index (χ0) is 29.3. The fourth-order valence-electron chi connectivity index (χ4n) is 4.08. The van der Waals surface area contributed by atoms with Gasteiger partial charge in [-0.1, -0.05) is 74.5 Å². The number of anilines is 1. The first-order valence-electron chi connectivity index (χ1n) is 12.7. The molecule has 0 saturated heterocycles. The number of amides is 2. The Hall–Kier alpha value is -4.12. The predicted molar refractivity (Wildman–Crippen MR) is 144 cm³/mol. The third kappa shape index (κ3) is 8.70. The third-order valence-corrected chi connectivity index (χ3v) is 6.25. The number of aryl methyl sites for hydroxylation is 2. The molecule has 0 aliphatic heterocycles. The van der Waals surface area contributed by atoms with Gasteiger partial charge < -0.3 is 19.7 Å². The Morgan fingerprint density at radius 3 is 2.10 bits per heavy atom. The number of carbonyl (C=O) groups excluding carboxylic acids is 2. The van der Waals surface area contributed by atoms with Crippen molar-refractivity contribution < 1.29 is 32.6 Å². The molecular formula is C29H32F3N3O5. The molecular weight excluding hydrogens is 527 g/mol. The molecule has 3 aromatic rings. The first-order valence-corrected chi connectivity index (χ1v) is 12.7. The number of hydrogen-bond donors (Lipinski definition) is 3. The van der Waals surface area contributed by atoms with Gasteiger partial charge >= 0.3 is 12.3 Å². The van der Waals surface area contributed by atoms with Gasteiger partial charge in [-0.2, -0.15) is 13.2 Å². The van der Waals surface area contributed by atoms with Crippen molar-refractivity contribution in [1.82, 2.24) is 9.88 Å². The number of carbonyl (C=O) groups is 2. The molecule has 2 atom stereocenters. The van der Waals surface area contributed by atoms with Crippen LogP contribution >= 0.6 is 0 Å². The molecule has 1 aromatic heterocycles. The number of nitrogens with zero attached hydrogens (tertiary/aromatic N) is 1. The van der Waals surface area contributed by atoms with Crippen LogP contribution in [-0.4, -0.2) is 40.0 Å². The second kappa shape index (κ2) is 13.8. The summed E-state index contributed by atoms with van der Waals surface area (Å²) in [6.07, 6.45) is -7.75. The molecule has 2 aromatic carbocycles. The highest BCUT2D eigenvalue weighted by Crippen LogP contribution is 2.25. The molecule has 0 fully saturated rings. The van der Waals surface area contributed by atoms with Gasteiger partial charge in [0.2, 0.25) is 5.91 Å². The van der Waals surface area contributed by atoms with Gasteiger partial charge in [0.05, 0.1) is 6.04 Å². The number of alkyl halides is 3. The summed E-state index contributed by atoms with van der Waals surface area (Å²) in [6, 6.07) is 19.6. The number of benzene rings is 2. The largest absolute Gasteiger partial charge is 0.444 e. The minimum absolute atomic E-state index is 0.0312. The number of rotatable bonds is 11. The topological polar surface area (TPSA) is 110 Å². The van der Waals surface area contributed by atoms with Crippen LogP contribution in [0.3, 0.4) is 0 Å². The van der Waals surface area contributed by atoms with Crippen LogP contribution in [0.25, 0.3) is 0 Å². The van der Waals surface area contributed by atoms with Gasteiger partial charge in [0.15, 0.2) is 6.10 Å². The van der Waals surface area contributed by atoms with Gasteiger partial charge in [-0.3, -0.25) is 14.9 Å². The van der Waals surface area contributed by atoms with Crippen molar-refractivity contribution in [2.45, 2.75) is 58.2 Å². The molecule has 214 valence electrons. The van der Waals surface area contributed by atoms with E-state index in [0.29, 0.717) is 18.5 Å². The number of ether oxygens (including phenoxy) is 1. The molecule has 0 spiro atoms. The van der Waals surface area contributed by atoms with E-state index in [2.05, 4.69) is 10.6 Å². The summed E-state index contributed by atoms with van der Waals surface area (Å²) in [4.78, 5) is 38.6. The lowest BCUT2D eigenvalue weighted by molar-refractivity contribution is -0.215. The van der Waals surface area contributed by atoms with E-state index in [1.807, 2.05) is 36.4 Å². The van der Waals surface area contributed by atoms with Gasteiger partial charge in [0.1, 0.15) is 18.8 Å². The fraction of sp³-hybridized carbons (Fsp3) is 0.345. The number of nitrogens with one attached hydrogen (secondary N) is 2. The SMILES string of the molecule is CC(C)C(NC(=O)Cn1c(CCc2ccccc2)ccc(NC(=O)OCc2ccccc2)c1=O)C(O)C(F)(F)F. The highest BCUT2D eigenvalue weighted by molar-refractivity contribution is 5.84. The molecule has 3 N–H and O–H groups in total. The Morgan fingerprint density at radius 2 is 1.52 bits per heavy atom. The van der Waals surface area contributed by atoms with Crippen molar-refractivity contribution in [1.29, 1.82) is 0 Å². The van der Waals surface area contributed by atoms with E-state index in [4.69, 9.17) is 4.74 Å². The lowest BCUT2D eigenvalue weighted by atomic mass is 9.98. The Bertz CT molecular complexity index is 1330. The first-order chi connectivity index (χ1) is 19.0. The van der Waals surface area contributed by atoms with E-state index >= 15 is 0 Å². The minimum atomic E-state index is -4.94. The van der Waals surface area contributed by atoms with Crippen LogP contribution in [0.4, 0.5) is 23.7 Å². The monoisotopic (exact) mass is 559 g/mol. The summed E-state index contributed by atoms with van der Waals surface area (Å²) in [5.74, 6) is -1.64. The third-order valence-electron chi connectivity index (χ3n) is 6.25. The van der Waals surface area contributed by atoms with Gasteiger partial charge in [-0.15, -0.1) is 0 Å². The molecule has 0 radical (unpaired) electrons. The average molecular weight is 560 g/mol. The highest BCUT2D eigenvalue weighted by atomic mass is 19.4. The normalized spacial score (nSPS) is 13.0. The molecule has 0 bridgehead atoms. The number of halogens is 3. The predicted octanol–water partition coefficient (Wildman–Crippen LogP) is 4.45. The van der Waals surface area contributed by atoms with Crippen LogP contribution in [0.1, 0.15) is 30.7 Å². The highest BCUT2D eigenvalue weighted by Gasteiger charge is 2.45. The molecule has 1 heterocycles. The summed E-state index contributed by atoms with van der Waals surface area (Å²) in [5, 5.41) is 14.4. The zero-order valence-electron chi connectivity index (χ0n) is 22.1. The van der Waals surface area contributed by atoms with E-state index in [1.165, 1.54) is 19.9 Å². The van der Waals surface area contributed by atoms with Crippen LogP contribution in [0, 0.1) is 5.92 Å². The van der Waals surface area contributed by atoms with Crippen molar-refractivity contribution in [3.63, 3.8) is 0 Å². The van der Waals surface area contributed by atoms with Crippen molar-refractivity contribution >= 4 is 17.7 Å². The second-order valence-electron chi connectivity index (χ2n) is 9.63. The quantitative estimate of drug-likeness (QED) is 0.322. The van der Waals surface area contributed by atoms with E-state index in [0.717, 1.165) is 15.7 Å². The maximum atomic E-state index is 13.3. The molecule has 0 aliphatic carbocycles. The fourth-order valence-corrected chi connectivity index (χ4v) is 4.08. The number of aromatic nitrogens is 1. The van der Waals surface area contributed by atoms with E-state index in [-0.39, 0.29) is 12.3 Å². The van der Waals surface area contributed by atoms with E-state index in [9.17, 15) is 32.7 Å². The molecule has 8 nitrogen and oxygen atoms in total. The lowest BCUT2D eigenvalue weighted by Crippen LogP contribution is -2.53. The summed E-state index contributed by atoms with van der Waals surface area (Å²) >= 11 is 0. The molecule has 2 amide bonds. The molecule has 40 heavy (non-hydrogen) atoms. The van der Waals surface area contributed by atoms with E-state index < -0.39 is 48.3 Å². The van der Waals surface area contributed by atoms with Crippen molar-refractivity contribution in [3.05, 3.63) is 100.0 Å². The van der Waals surface area contributed by atoms with Gasteiger partial charge in [0.25, 0.3) is 5.56 Å². The van der Waals surface area contributed by atoms with Crippen molar-refractivity contribution in [3.8, 4) is 0 Å². The van der Waals surface area contributed by atoms with Gasteiger partial charge in [0, 0.05) is 5.69 Å². The lowest BCUT2D eigenvalue weighted by Gasteiger charge is -2.29. The summed E-state index contributed by atoms with van der Waals surface area (Å²) in [6.45, 7) is 2.22. The zero-order valence-corrected chi connectivity index (χ0v) is 22.1. The molecule has 3 rings (SSSR count). The number of aliphatic hydroxyl groups excluding tert-OH is 1. The van der Waals surface area contributed by atoms with Crippen LogP contribution < -0.4 is 16.2 Å².